The maximum atomic E-state index is 13.2. The number of nitrogens with zero attached hydrogens (tertiary/aromatic N) is 2. The van der Waals surface area contributed by atoms with Gasteiger partial charge in [0.05, 0.1) is 23.8 Å². The fourth-order valence-corrected chi connectivity index (χ4v) is 3.13. The molecule has 1 amide bonds. The first-order valence-electron chi connectivity index (χ1n) is 8.31. The van der Waals surface area contributed by atoms with E-state index in [9.17, 15) is 18.0 Å². The van der Waals surface area contributed by atoms with Crippen molar-refractivity contribution in [2.24, 2.45) is 0 Å². The number of benzene rings is 1. The molecule has 0 radical (unpaired) electrons. The molecule has 0 fully saturated rings. The van der Waals surface area contributed by atoms with Crippen molar-refractivity contribution in [1.82, 2.24) is 15.3 Å². The summed E-state index contributed by atoms with van der Waals surface area (Å²) in [5, 5.41) is 1.86. The Balaban J connectivity index is 1.79. The second-order valence-corrected chi connectivity index (χ2v) is 7.15. The Labute approximate surface area is 163 Å². The van der Waals surface area contributed by atoms with Crippen LogP contribution >= 0.6 is 11.8 Å². The third-order valence-corrected chi connectivity index (χ3v) is 4.70. The molecule has 3 rings (SSSR count). The van der Waals surface area contributed by atoms with Crippen LogP contribution in [0, 0.1) is 0 Å². The molecule has 9 heteroatoms. The Morgan fingerprint density at radius 1 is 1.18 bits per heavy atom. The minimum absolute atomic E-state index is 0.116. The van der Waals surface area contributed by atoms with Gasteiger partial charge in [0.1, 0.15) is 11.5 Å². The largest absolute Gasteiger partial charge is 0.467 e. The lowest BCUT2D eigenvalue weighted by molar-refractivity contribution is -0.141. The zero-order valence-corrected chi connectivity index (χ0v) is 15.6. The maximum absolute atomic E-state index is 13.2. The van der Waals surface area contributed by atoms with E-state index in [1.807, 2.05) is 0 Å². The molecule has 0 saturated carbocycles. The van der Waals surface area contributed by atoms with Gasteiger partial charge in [0.15, 0.2) is 5.16 Å². The Bertz CT molecular complexity index is 931. The third-order valence-electron chi connectivity index (χ3n) is 3.73. The average Bonchev–Trinajstić information content (AvgIpc) is 3.19. The predicted molar refractivity (Wildman–Crippen MR) is 98.3 cm³/mol. The summed E-state index contributed by atoms with van der Waals surface area (Å²) < 4.78 is 44.9. The first kappa shape index (κ1) is 19.9. The molecular weight excluding hydrogens is 391 g/mol. The molecule has 1 N–H and O–H groups in total. The van der Waals surface area contributed by atoms with Gasteiger partial charge in [0.25, 0.3) is 0 Å². The van der Waals surface area contributed by atoms with Crippen LogP contribution in [0.2, 0.25) is 0 Å². The molecule has 0 spiro atoms. The molecule has 5 nitrogen and oxygen atoms in total. The fraction of sp³-hybridized carbons (Fsp3) is 0.211. The summed E-state index contributed by atoms with van der Waals surface area (Å²) in [6.07, 6.45) is -3.13. The number of hydrogen-bond donors (Lipinski definition) is 1. The zero-order chi connectivity index (χ0) is 20.1. The van der Waals surface area contributed by atoms with Gasteiger partial charge in [-0.1, -0.05) is 42.1 Å². The lowest BCUT2D eigenvalue weighted by Crippen LogP contribution is -2.30. The number of carbonyl (C=O) groups is 1. The molecule has 28 heavy (non-hydrogen) atoms. The zero-order valence-electron chi connectivity index (χ0n) is 14.7. The van der Waals surface area contributed by atoms with E-state index in [0.717, 1.165) is 17.8 Å². The van der Waals surface area contributed by atoms with Crippen LogP contribution in [0.4, 0.5) is 13.2 Å². The van der Waals surface area contributed by atoms with Gasteiger partial charge < -0.3 is 9.73 Å². The Morgan fingerprint density at radius 2 is 1.93 bits per heavy atom. The van der Waals surface area contributed by atoms with Crippen LogP contribution in [-0.4, -0.2) is 21.1 Å². The van der Waals surface area contributed by atoms with E-state index in [1.54, 1.807) is 49.4 Å². The second-order valence-electron chi connectivity index (χ2n) is 5.84. The lowest BCUT2D eigenvalue weighted by Gasteiger charge is -2.13. The van der Waals surface area contributed by atoms with Crippen molar-refractivity contribution in [3.8, 4) is 11.3 Å². The summed E-state index contributed by atoms with van der Waals surface area (Å²) >= 11 is 0.863. The number of hydrogen-bond acceptors (Lipinski definition) is 5. The number of amides is 1. The number of carbonyl (C=O) groups excluding carboxylic acids is 1. The topological polar surface area (TPSA) is 68.0 Å². The van der Waals surface area contributed by atoms with E-state index in [1.165, 1.54) is 6.26 Å². The summed E-state index contributed by atoms with van der Waals surface area (Å²) in [6.45, 7) is 1.77. The van der Waals surface area contributed by atoms with Crippen LogP contribution in [-0.2, 0) is 17.5 Å². The molecule has 0 bridgehead atoms. The number of furan rings is 1. The monoisotopic (exact) mass is 407 g/mol. The molecule has 1 atom stereocenters. The summed E-state index contributed by atoms with van der Waals surface area (Å²) in [6, 6.07) is 12.8. The fourth-order valence-electron chi connectivity index (χ4n) is 2.32. The molecule has 2 aromatic heterocycles. The number of alkyl halides is 3. The molecule has 0 saturated heterocycles. The molecule has 0 aliphatic carbocycles. The molecule has 2 heterocycles. The van der Waals surface area contributed by atoms with E-state index in [4.69, 9.17) is 4.42 Å². The molecule has 0 aliphatic heterocycles. The van der Waals surface area contributed by atoms with Crippen LogP contribution in [0.3, 0.4) is 0 Å². The van der Waals surface area contributed by atoms with Crippen molar-refractivity contribution in [2.75, 3.05) is 0 Å². The maximum Gasteiger partial charge on any atom is 0.433 e. The Hall–Kier alpha value is -2.81. The summed E-state index contributed by atoms with van der Waals surface area (Å²) in [4.78, 5) is 20.0. The quantitative estimate of drug-likeness (QED) is 0.480. The standard InChI is InChI=1S/C19H16F3N3O2S/c1-12(17(26)23-11-14-8-5-9-27-14)28-18-24-15(13-6-3-2-4-7-13)10-16(25-18)19(20,21)22/h2-10,12H,11H2,1H3,(H,23,26)/t12-/m1/s1. The van der Waals surface area contributed by atoms with Crippen molar-refractivity contribution < 1.29 is 22.4 Å². The van der Waals surface area contributed by atoms with Gasteiger partial charge >= 0.3 is 6.18 Å². The third kappa shape index (κ3) is 5.13. The van der Waals surface area contributed by atoms with Gasteiger partial charge in [-0.2, -0.15) is 13.2 Å². The van der Waals surface area contributed by atoms with Gasteiger partial charge in [-0.25, -0.2) is 9.97 Å². The predicted octanol–water partition coefficient (Wildman–Crippen LogP) is 4.55. The first-order valence-corrected chi connectivity index (χ1v) is 9.19. The molecule has 0 unspecified atom stereocenters. The minimum atomic E-state index is -4.62. The second kappa shape index (κ2) is 8.47. The van der Waals surface area contributed by atoms with E-state index in [0.29, 0.717) is 11.3 Å². The van der Waals surface area contributed by atoms with Gasteiger partial charge in [-0.05, 0) is 25.1 Å². The van der Waals surface area contributed by atoms with Gasteiger partial charge in [0, 0.05) is 5.56 Å². The summed E-state index contributed by atoms with van der Waals surface area (Å²) in [5.74, 6) is 0.218. The molecule has 3 aromatic rings. The van der Waals surface area contributed by atoms with E-state index < -0.39 is 17.1 Å². The van der Waals surface area contributed by atoms with Crippen molar-refractivity contribution in [3.05, 3.63) is 66.2 Å². The normalized spacial score (nSPS) is 12.6. The van der Waals surface area contributed by atoms with Crippen LogP contribution in [0.1, 0.15) is 18.4 Å². The van der Waals surface area contributed by atoms with Gasteiger partial charge in [-0.15, -0.1) is 0 Å². The van der Waals surface area contributed by atoms with Crippen LogP contribution in [0.15, 0.2) is 64.4 Å². The van der Waals surface area contributed by atoms with Crippen LogP contribution in [0.5, 0.6) is 0 Å². The minimum Gasteiger partial charge on any atom is -0.467 e. The smallest absolute Gasteiger partial charge is 0.433 e. The van der Waals surface area contributed by atoms with Crippen molar-refractivity contribution >= 4 is 17.7 Å². The SMILES string of the molecule is C[C@@H](Sc1nc(-c2ccccc2)cc(C(F)(F)F)n1)C(=O)NCc1ccco1. The molecule has 0 aliphatic rings. The Morgan fingerprint density at radius 3 is 2.57 bits per heavy atom. The highest BCUT2D eigenvalue weighted by Crippen LogP contribution is 2.32. The lowest BCUT2D eigenvalue weighted by atomic mass is 10.1. The number of aromatic nitrogens is 2. The highest BCUT2D eigenvalue weighted by Gasteiger charge is 2.34. The van der Waals surface area contributed by atoms with E-state index in [-0.39, 0.29) is 23.3 Å². The van der Waals surface area contributed by atoms with Crippen molar-refractivity contribution in [2.45, 2.75) is 30.1 Å². The number of halogens is 3. The molecule has 146 valence electrons. The summed E-state index contributed by atoms with van der Waals surface area (Å²) in [5.41, 5.74) is -0.368. The van der Waals surface area contributed by atoms with Crippen LogP contribution in [0.25, 0.3) is 11.3 Å². The number of rotatable bonds is 6. The highest BCUT2D eigenvalue weighted by atomic mass is 32.2. The summed E-state index contributed by atoms with van der Waals surface area (Å²) in [7, 11) is 0. The average molecular weight is 407 g/mol. The van der Waals surface area contributed by atoms with Crippen molar-refractivity contribution in [1.29, 1.82) is 0 Å². The van der Waals surface area contributed by atoms with Crippen molar-refractivity contribution in [3.63, 3.8) is 0 Å². The molecule has 1 aromatic carbocycles. The molecular formula is C19H16F3N3O2S. The van der Waals surface area contributed by atoms with E-state index >= 15 is 0 Å². The van der Waals surface area contributed by atoms with E-state index in [2.05, 4.69) is 15.3 Å². The van der Waals surface area contributed by atoms with Crippen LogP contribution < -0.4 is 5.32 Å². The highest BCUT2D eigenvalue weighted by molar-refractivity contribution is 8.00. The number of thioether (sulfide) groups is 1. The Kier molecular flexibility index (Phi) is 6.03. The van der Waals surface area contributed by atoms with Gasteiger partial charge in [-0.3, -0.25) is 4.79 Å². The number of nitrogens with one attached hydrogen (secondary N) is 1. The first-order chi connectivity index (χ1) is 13.3. The van der Waals surface area contributed by atoms with Gasteiger partial charge in [0.2, 0.25) is 5.91 Å².